The number of nitrogens with zero attached hydrogens (tertiary/aromatic N) is 5. The maximum absolute atomic E-state index is 4.46. The van der Waals surface area contributed by atoms with E-state index in [1.165, 1.54) is 25.0 Å². The van der Waals surface area contributed by atoms with Crippen molar-refractivity contribution in [3.05, 3.63) is 36.5 Å². The highest BCUT2D eigenvalue weighted by atomic mass is 15.3. The van der Waals surface area contributed by atoms with E-state index in [0.29, 0.717) is 12.0 Å². The molecule has 0 amide bonds. The van der Waals surface area contributed by atoms with Crippen molar-refractivity contribution in [3.63, 3.8) is 0 Å². The van der Waals surface area contributed by atoms with Gasteiger partial charge in [0, 0.05) is 43.2 Å². The van der Waals surface area contributed by atoms with Gasteiger partial charge >= 0.3 is 0 Å². The van der Waals surface area contributed by atoms with E-state index in [-0.39, 0.29) is 0 Å². The molecule has 0 radical (unpaired) electrons. The van der Waals surface area contributed by atoms with Gasteiger partial charge in [-0.15, -0.1) is 0 Å². The average Bonchev–Trinajstić information content (AvgIpc) is 3.08. The Balaban J connectivity index is 1.51. The molecule has 0 N–H and O–H groups in total. The smallest absolute Gasteiger partial charge is 0.132 e. The molecular weight excluding hydrogens is 250 g/mol. The van der Waals surface area contributed by atoms with Crippen LogP contribution < -0.4 is 4.90 Å². The Labute approximate surface area is 118 Å². The van der Waals surface area contributed by atoms with Gasteiger partial charge in [-0.3, -0.25) is 4.68 Å². The first kappa shape index (κ1) is 11.9. The third kappa shape index (κ3) is 2.07. The van der Waals surface area contributed by atoms with Gasteiger partial charge < -0.3 is 4.90 Å². The monoisotopic (exact) mass is 269 g/mol. The van der Waals surface area contributed by atoms with Crippen LogP contribution in [0, 0.1) is 0 Å². The third-order valence-electron chi connectivity index (χ3n) is 4.58. The van der Waals surface area contributed by atoms with Crippen molar-refractivity contribution in [1.82, 2.24) is 19.7 Å². The Kier molecular flexibility index (Phi) is 2.90. The van der Waals surface area contributed by atoms with E-state index in [4.69, 9.17) is 0 Å². The Morgan fingerprint density at radius 1 is 1.15 bits per heavy atom. The molecule has 1 unspecified atom stereocenters. The summed E-state index contributed by atoms with van der Waals surface area (Å²) in [5.41, 5.74) is 1.23. The van der Waals surface area contributed by atoms with Gasteiger partial charge in [0.2, 0.25) is 0 Å². The molecule has 5 nitrogen and oxygen atoms in total. The Hall–Kier alpha value is -1.91. The van der Waals surface area contributed by atoms with Crippen molar-refractivity contribution in [2.24, 2.45) is 0 Å². The average molecular weight is 269 g/mol. The molecule has 2 aliphatic rings. The minimum absolute atomic E-state index is 0.465. The van der Waals surface area contributed by atoms with Crippen molar-refractivity contribution < 1.29 is 0 Å². The molecule has 1 aliphatic carbocycles. The van der Waals surface area contributed by atoms with E-state index in [0.717, 1.165) is 25.3 Å². The van der Waals surface area contributed by atoms with Gasteiger partial charge in [0.05, 0.1) is 6.04 Å². The lowest BCUT2D eigenvalue weighted by molar-refractivity contribution is 0.410. The molecule has 2 aromatic heterocycles. The van der Waals surface area contributed by atoms with Gasteiger partial charge in [0.25, 0.3) is 0 Å². The van der Waals surface area contributed by atoms with E-state index in [2.05, 4.69) is 30.7 Å². The number of rotatable bonds is 3. The lowest BCUT2D eigenvalue weighted by atomic mass is 9.83. The van der Waals surface area contributed by atoms with Crippen molar-refractivity contribution in [2.75, 3.05) is 18.0 Å². The molecular formula is C15H19N5. The molecule has 3 heterocycles. The Bertz CT molecular complexity index is 576. The molecule has 5 heteroatoms. The Morgan fingerprint density at radius 3 is 2.85 bits per heavy atom. The highest BCUT2D eigenvalue weighted by Crippen LogP contribution is 2.36. The fourth-order valence-corrected chi connectivity index (χ4v) is 3.12. The summed E-state index contributed by atoms with van der Waals surface area (Å²) in [5.74, 6) is 1.75. The van der Waals surface area contributed by atoms with Crippen LogP contribution in [0.3, 0.4) is 0 Å². The van der Waals surface area contributed by atoms with E-state index < -0.39 is 0 Å². The van der Waals surface area contributed by atoms with E-state index in [1.54, 1.807) is 6.33 Å². The lowest BCUT2D eigenvalue weighted by Gasteiger charge is -2.26. The molecule has 0 spiro atoms. The zero-order valence-electron chi connectivity index (χ0n) is 11.5. The second-order valence-electron chi connectivity index (χ2n) is 5.80. The second kappa shape index (κ2) is 4.89. The molecule has 2 fully saturated rings. The second-order valence-corrected chi connectivity index (χ2v) is 5.80. The van der Waals surface area contributed by atoms with Crippen molar-refractivity contribution in [2.45, 2.75) is 37.6 Å². The summed E-state index contributed by atoms with van der Waals surface area (Å²) in [4.78, 5) is 11.3. The zero-order chi connectivity index (χ0) is 13.4. The summed E-state index contributed by atoms with van der Waals surface area (Å²) in [5, 5.41) is 4.35. The standard InChI is InChI=1S/C15H19N5/c1-3-12(4-1)14-9-15(17-11-16-14)19-8-5-13(10-19)20-7-2-6-18-20/h2,6-7,9,11-13H,1,3-5,8,10H2. The minimum atomic E-state index is 0.465. The molecule has 4 rings (SSSR count). The predicted octanol–water partition coefficient (Wildman–Crippen LogP) is 2.39. The SMILES string of the molecule is c1cnn(C2CCN(c3cc(C4CCC4)ncn3)C2)c1. The summed E-state index contributed by atoms with van der Waals surface area (Å²) < 4.78 is 2.06. The van der Waals surface area contributed by atoms with E-state index >= 15 is 0 Å². The first-order valence-corrected chi connectivity index (χ1v) is 7.46. The number of hydrogen-bond donors (Lipinski definition) is 0. The van der Waals surface area contributed by atoms with Gasteiger partial charge in [-0.05, 0) is 25.3 Å². The van der Waals surface area contributed by atoms with Gasteiger partial charge in [-0.25, -0.2) is 9.97 Å². The van der Waals surface area contributed by atoms with Crippen LogP contribution in [0.4, 0.5) is 5.82 Å². The first-order chi connectivity index (χ1) is 9.90. The fraction of sp³-hybridized carbons (Fsp3) is 0.533. The molecule has 0 bridgehead atoms. The highest BCUT2D eigenvalue weighted by molar-refractivity contribution is 5.41. The summed E-state index contributed by atoms with van der Waals surface area (Å²) in [7, 11) is 0. The van der Waals surface area contributed by atoms with Crippen LogP contribution in [-0.2, 0) is 0 Å². The molecule has 0 aromatic carbocycles. The summed E-state index contributed by atoms with van der Waals surface area (Å²) >= 11 is 0. The number of hydrogen-bond acceptors (Lipinski definition) is 4. The third-order valence-corrected chi connectivity index (χ3v) is 4.58. The van der Waals surface area contributed by atoms with Crippen LogP contribution >= 0.6 is 0 Å². The normalized spacial score (nSPS) is 23.0. The molecule has 1 saturated carbocycles. The maximum Gasteiger partial charge on any atom is 0.132 e. The highest BCUT2D eigenvalue weighted by Gasteiger charge is 2.27. The summed E-state index contributed by atoms with van der Waals surface area (Å²) in [6.45, 7) is 2.04. The van der Waals surface area contributed by atoms with Crippen molar-refractivity contribution in [3.8, 4) is 0 Å². The minimum Gasteiger partial charge on any atom is -0.354 e. The quantitative estimate of drug-likeness (QED) is 0.858. The van der Waals surface area contributed by atoms with Crippen LogP contribution in [0.15, 0.2) is 30.9 Å². The van der Waals surface area contributed by atoms with Gasteiger partial charge in [-0.1, -0.05) is 6.42 Å². The first-order valence-electron chi connectivity index (χ1n) is 7.46. The lowest BCUT2D eigenvalue weighted by Crippen LogP contribution is -2.23. The zero-order valence-corrected chi connectivity index (χ0v) is 11.5. The van der Waals surface area contributed by atoms with Crippen LogP contribution in [0.2, 0.25) is 0 Å². The summed E-state index contributed by atoms with van der Waals surface area (Å²) in [6.07, 6.45) is 10.7. The molecule has 104 valence electrons. The largest absolute Gasteiger partial charge is 0.354 e. The van der Waals surface area contributed by atoms with Gasteiger partial charge in [-0.2, -0.15) is 5.10 Å². The van der Waals surface area contributed by atoms with Gasteiger partial charge in [0.15, 0.2) is 0 Å². The molecule has 20 heavy (non-hydrogen) atoms. The van der Waals surface area contributed by atoms with Crippen molar-refractivity contribution >= 4 is 5.82 Å². The van der Waals surface area contributed by atoms with Crippen LogP contribution in [0.1, 0.15) is 43.3 Å². The summed E-state index contributed by atoms with van der Waals surface area (Å²) in [6, 6.07) is 4.64. The predicted molar refractivity (Wildman–Crippen MR) is 76.7 cm³/mol. The maximum atomic E-state index is 4.46. The Morgan fingerprint density at radius 2 is 2.10 bits per heavy atom. The molecule has 1 atom stereocenters. The fourth-order valence-electron chi connectivity index (χ4n) is 3.12. The molecule has 1 aliphatic heterocycles. The van der Waals surface area contributed by atoms with Gasteiger partial charge in [0.1, 0.15) is 12.1 Å². The topological polar surface area (TPSA) is 46.8 Å². The number of anilines is 1. The van der Waals surface area contributed by atoms with Crippen LogP contribution in [0.5, 0.6) is 0 Å². The van der Waals surface area contributed by atoms with Crippen LogP contribution in [0.25, 0.3) is 0 Å². The van der Waals surface area contributed by atoms with Crippen molar-refractivity contribution in [1.29, 1.82) is 0 Å². The molecule has 1 saturated heterocycles. The number of aromatic nitrogens is 4. The molecule has 2 aromatic rings. The van der Waals surface area contributed by atoms with E-state index in [1.807, 2.05) is 18.5 Å². The van der Waals surface area contributed by atoms with Crippen LogP contribution in [-0.4, -0.2) is 32.8 Å². The van der Waals surface area contributed by atoms with E-state index in [9.17, 15) is 0 Å².